The average molecular weight is 195 g/mol. The molecule has 1 aromatic heterocycles. The largest absolute Gasteiger partial charge is 0.352 e. The fourth-order valence-electron chi connectivity index (χ4n) is 0.963. The third-order valence-electron chi connectivity index (χ3n) is 1.67. The lowest BCUT2D eigenvalue weighted by molar-refractivity contribution is 0.0941. The van der Waals surface area contributed by atoms with E-state index in [4.69, 9.17) is 5.90 Å². The first-order valence-electron chi connectivity index (χ1n) is 4.34. The van der Waals surface area contributed by atoms with E-state index in [-0.39, 0.29) is 5.91 Å². The van der Waals surface area contributed by atoms with E-state index in [1.54, 1.807) is 24.5 Å². The lowest BCUT2D eigenvalue weighted by Gasteiger charge is -2.03. The summed E-state index contributed by atoms with van der Waals surface area (Å²) in [6.45, 7) is 0.995. The molecule has 0 aliphatic carbocycles. The predicted octanol–water partition coefficient (Wildman–Crippen LogP) is 0.0918. The molecule has 0 spiro atoms. The summed E-state index contributed by atoms with van der Waals surface area (Å²) in [6, 6.07) is 3.32. The van der Waals surface area contributed by atoms with Gasteiger partial charge in [0.2, 0.25) is 0 Å². The monoisotopic (exact) mass is 195 g/mol. The van der Waals surface area contributed by atoms with Crippen molar-refractivity contribution in [3.63, 3.8) is 0 Å². The average Bonchev–Trinajstić information content (AvgIpc) is 2.25. The Morgan fingerprint density at radius 3 is 2.86 bits per heavy atom. The lowest BCUT2D eigenvalue weighted by Crippen LogP contribution is -2.25. The van der Waals surface area contributed by atoms with Gasteiger partial charge in [0.05, 0.1) is 6.61 Å². The van der Waals surface area contributed by atoms with Crippen LogP contribution in [-0.4, -0.2) is 24.0 Å². The molecule has 0 aliphatic heterocycles. The minimum Gasteiger partial charge on any atom is -0.352 e. The second-order valence-electron chi connectivity index (χ2n) is 2.72. The van der Waals surface area contributed by atoms with Crippen molar-refractivity contribution in [2.75, 3.05) is 13.2 Å². The van der Waals surface area contributed by atoms with Crippen LogP contribution in [0.15, 0.2) is 24.5 Å². The molecule has 0 fully saturated rings. The van der Waals surface area contributed by atoms with Gasteiger partial charge >= 0.3 is 0 Å². The Morgan fingerprint density at radius 2 is 2.21 bits per heavy atom. The minimum atomic E-state index is -0.107. The van der Waals surface area contributed by atoms with Crippen LogP contribution in [0, 0.1) is 0 Å². The van der Waals surface area contributed by atoms with Crippen LogP contribution in [0.25, 0.3) is 0 Å². The van der Waals surface area contributed by atoms with E-state index in [1.807, 2.05) is 0 Å². The molecule has 0 unspecified atom stereocenters. The Balaban J connectivity index is 2.29. The number of nitrogens with two attached hydrogens (primary N) is 1. The van der Waals surface area contributed by atoms with E-state index in [1.165, 1.54) is 0 Å². The molecule has 5 heteroatoms. The van der Waals surface area contributed by atoms with E-state index in [0.29, 0.717) is 25.1 Å². The fourth-order valence-corrected chi connectivity index (χ4v) is 0.963. The van der Waals surface area contributed by atoms with Crippen LogP contribution >= 0.6 is 0 Å². The second kappa shape index (κ2) is 6.06. The minimum absolute atomic E-state index is 0.107. The van der Waals surface area contributed by atoms with Gasteiger partial charge in [-0.1, -0.05) is 0 Å². The number of amides is 1. The highest BCUT2D eigenvalue weighted by atomic mass is 16.6. The van der Waals surface area contributed by atoms with Gasteiger partial charge in [-0.2, -0.15) is 0 Å². The molecule has 0 saturated carbocycles. The van der Waals surface area contributed by atoms with Crippen molar-refractivity contribution >= 4 is 5.91 Å². The maximum absolute atomic E-state index is 11.4. The summed E-state index contributed by atoms with van der Waals surface area (Å²) in [5.41, 5.74) is 0.605. The molecule has 76 valence electrons. The summed E-state index contributed by atoms with van der Waals surface area (Å²) >= 11 is 0. The second-order valence-corrected chi connectivity index (χ2v) is 2.72. The first kappa shape index (κ1) is 10.6. The summed E-state index contributed by atoms with van der Waals surface area (Å²) < 4.78 is 0. The molecule has 1 aromatic rings. The molecule has 1 amide bonds. The quantitative estimate of drug-likeness (QED) is 0.515. The third kappa shape index (κ3) is 3.51. The molecule has 0 saturated heterocycles. The van der Waals surface area contributed by atoms with Crippen LogP contribution in [0.3, 0.4) is 0 Å². The zero-order valence-electron chi connectivity index (χ0n) is 7.77. The standard InChI is InChI=1S/C9H13N3O2/c10-14-7-1-4-12-9(13)8-2-5-11-6-3-8/h2-3,5-6H,1,4,7,10H2,(H,12,13). The Hall–Kier alpha value is -1.46. The highest BCUT2D eigenvalue weighted by molar-refractivity contribution is 5.93. The number of hydrogen-bond donors (Lipinski definition) is 2. The van der Waals surface area contributed by atoms with Gasteiger partial charge in [0.15, 0.2) is 0 Å². The van der Waals surface area contributed by atoms with Gasteiger partial charge < -0.3 is 10.2 Å². The topological polar surface area (TPSA) is 77.2 Å². The zero-order valence-corrected chi connectivity index (χ0v) is 7.77. The van der Waals surface area contributed by atoms with Crippen LogP contribution in [-0.2, 0) is 4.84 Å². The fraction of sp³-hybridized carbons (Fsp3) is 0.333. The molecule has 0 aliphatic rings. The first-order chi connectivity index (χ1) is 6.84. The van der Waals surface area contributed by atoms with Gasteiger partial charge in [-0.25, -0.2) is 5.90 Å². The number of nitrogens with zero attached hydrogens (tertiary/aromatic N) is 1. The highest BCUT2D eigenvalue weighted by Gasteiger charge is 2.02. The van der Waals surface area contributed by atoms with Crippen molar-refractivity contribution in [1.82, 2.24) is 10.3 Å². The summed E-state index contributed by atoms with van der Waals surface area (Å²) in [5.74, 6) is 4.73. The lowest BCUT2D eigenvalue weighted by atomic mass is 10.2. The molecule has 1 rings (SSSR count). The Labute approximate surface area is 82.2 Å². The summed E-state index contributed by atoms with van der Waals surface area (Å²) in [6.07, 6.45) is 3.86. The molecule has 0 bridgehead atoms. The normalized spacial score (nSPS) is 9.79. The van der Waals surface area contributed by atoms with Gasteiger partial charge in [-0.05, 0) is 18.6 Å². The number of aromatic nitrogens is 1. The molecular weight excluding hydrogens is 182 g/mol. The maximum atomic E-state index is 11.4. The molecular formula is C9H13N3O2. The third-order valence-corrected chi connectivity index (χ3v) is 1.67. The zero-order chi connectivity index (χ0) is 10.2. The van der Waals surface area contributed by atoms with Crippen molar-refractivity contribution in [1.29, 1.82) is 0 Å². The van der Waals surface area contributed by atoms with Gasteiger partial charge in [0.25, 0.3) is 5.91 Å². The van der Waals surface area contributed by atoms with E-state index in [9.17, 15) is 4.79 Å². The molecule has 0 aromatic carbocycles. The molecule has 3 N–H and O–H groups in total. The van der Waals surface area contributed by atoms with Crippen LogP contribution in [0.2, 0.25) is 0 Å². The van der Waals surface area contributed by atoms with Crippen LogP contribution in [0.5, 0.6) is 0 Å². The first-order valence-corrected chi connectivity index (χ1v) is 4.34. The molecule has 5 nitrogen and oxygen atoms in total. The molecule has 1 heterocycles. The molecule has 0 radical (unpaired) electrons. The number of hydrogen-bond acceptors (Lipinski definition) is 4. The number of carbonyl (C=O) groups excluding carboxylic acids is 1. The van der Waals surface area contributed by atoms with E-state index in [0.717, 1.165) is 0 Å². The summed E-state index contributed by atoms with van der Waals surface area (Å²) in [5, 5.41) is 2.73. The van der Waals surface area contributed by atoms with Gasteiger partial charge in [-0.3, -0.25) is 9.78 Å². The number of rotatable bonds is 5. The van der Waals surface area contributed by atoms with E-state index < -0.39 is 0 Å². The van der Waals surface area contributed by atoms with Crippen LogP contribution in [0.4, 0.5) is 0 Å². The van der Waals surface area contributed by atoms with Gasteiger partial charge in [0, 0.05) is 24.5 Å². The van der Waals surface area contributed by atoms with Gasteiger partial charge in [0.1, 0.15) is 0 Å². The van der Waals surface area contributed by atoms with E-state index >= 15 is 0 Å². The predicted molar refractivity (Wildman–Crippen MR) is 51.3 cm³/mol. The Morgan fingerprint density at radius 1 is 1.50 bits per heavy atom. The van der Waals surface area contributed by atoms with Crippen molar-refractivity contribution in [2.24, 2.45) is 5.90 Å². The van der Waals surface area contributed by atoms with Crippen molar-refractivity contribution in [3.05, 3.63) is 30.1 Å². The van der Waals surface area contributed by atoms with Crippen molar-refractivity contribution in [2.45, 2.75) is 6.42 Å². The Kier molecular flexibility index (Phi) is 4.60. The van der Waals surface area contributed by atoms with E-state index in [2.05, 4.69) is 15.1 Å². The smallest absolute Gasteiger partial charge is 0.251 e. The van der Waals surface area contributed by atoms with Crippen LogP contribution < -0.4 is 11.2 Å². The maximum Gasteiger partial charge on any atom is 0.251 e. The summed E-state index contributed by atoms with van der Waals surface area (Å²) in [7, 11) is 0. The Bertz CT molecular complexity index is 277. The number of nitrogens with one attached hydrogen (secondary N) is 1. The molecule has 0 atom stereocenters. The summed E-state index contributed by atoms with van der Waals surface area (Å²) in [4.78, 5) is 19.6. The SMILES string of the molecule is NOCCCNC(=O)c1ccncc1. The highest BCUT2D eigenvalue weighted by Crippen LogP contribution is 1.95. The van der Waals surface area contributed by atoms with Crippen molar-refractivity contribution < 1.29 is 9.63 Å². The number of carbonyl (C=O) groups is 1. The van der Waals surface area contributed by atoms with Crippen molar-refractivity contribution in [3.8, 4) is 0 Å². The number of pyridine rings is 1. The van der Waals surface area contributed by atoms with Gasteiger partial charge in [-0.15, -0.1) is 0 Å². The van der Waals surface area contributed by atoms with Crippen LogP contribution in [0.1, 0.15) is 16.8 Å². The molecule has 14 heavy (non-hydrogen) atoms.